The third-order valence-corrected chi connectivity index (χ3v) is 3.93. The zero-order valence-corrected chi connectivity index (χ0v) is 10.1. The van der Waals surface area contributed by atoms with Gasteiger partial charge in [-0.3, -0.25) is 4.90 Å². The van der Waals surface area contributed by atoms with E-state index in [0.29, 0.717) is 11.2 Å². The van der Waals surface area contributed by atoms with Crippen molar-refractivity contribution >= 4 is 16.5 Å². The SMILES string of the molecule is CC1CCCCCN1Cc1cnc(N)s1. The maximum absolute atomic E-state index is 5.64. The van der Waals surface area contributed by atoms with Gasteiger partial charge in [0.1, 0.15) is 0 Å². The third-order valence-electron chi connectivity index (χ3n) is 3.12. The minimum atomic E-state index is 0.687. The predicted molar refractivity (Wildman–Crippen MR) is 64.9 cm³/mol. The van der Waals surface area contributed by atoms with Gasteiger partial charge in [-0.25, -0.2) is 4.98 Å². The molecule has 1 aliphatic heterocycles. The van der Waals surface area contributed by atoms with Crippen LogP contribution < -0.4 is 5.73 Å². The molecule has 1 aliphatic rings. The van der Waals surface area contributed by atoms with Crippen molar-refractivity contribution < 1.29 is 0 Å². The predicted octanol–water partition coefficient (Wildman–Crippen LogP) is 2.49. The summed E-state index contributed by atoms with van der Waals surface area (Å²) in [4.78, 5) is 7.95. The highest BCUT2D eigenvalue weighted by Gasteiger charge is 2.17. The average molecular weight is 225 g/mol. The van der Waals surface area contributed by atoms with Crippen molar-refractivity contribution in [1.82, 2.24) is 9.88 Å². The molecule has 4 heteroatoms. The fourth-order valence-electron chi connectivity index (χ4n) is 2.17. The Morgan fingerprint density at radius 3 is 3.13 bits per heavy atom. The van der Waals surface area contributed by atoms with E-state index in [4.69, 9.17) is 5.73 Å². The molecule has 1 saturated heterocycles. The molecule has 0 bridgehead atoms. The van der Waals surface area contributed by atoms with Crippen LogP contribution in [0.25, 0.3) is 0 Å². The summed E-state index contributed by atoms with van der Waals surface area (Å²) in [6.07, 6.45) is 7.33. The van der Waals surface area contributed by atoms with E-state index in [1.54, 1.807) is 11.3 Å². The second kappa shape index (κ2) is 4.94. The first kappa shape index (κ1) is 10.9. The second-order valence-electron chi connectivity index (χ2n) is 4.33. The van der Waals surface area contributed by atoms with Crippen LogP contribution in [0.4, 0.5) is 5.13 Å². The highest BCUT2D eigenvalue weighted by molar-refractivity contribution is 7.15. The van der Waals surface area contributed by atoms with Crippen molar-refractivity contribution in [2.24, 2.45) is 0 Å². The second-order valence-corrected chi connectivity index (χ2v) is 5.48. The molecule has 2 heterocycles. The Balaban J connectivity index is 1.97. The standard InChI is InChI=1S/C11H19N3S/c1-9-5-3-2-4-6-14(9)8-10-7-13-11(12)15-10/h7,9H,2-6,8H2,1H3,(H2,12,13). The minimum absolute atomic E-state index is 0.687. The van der Waals surface area contributed by atoms with E-state index in [9.17, 15) is 0 Å². The molecular formula is C11H19N3S. The molecule has 15 heavy (non-hydrogen) atoms. The molecule has 2 rings (SSSR count). The van der Waals surface area contributed by atoms with Crippen molar-refractivity contribution in [1.29, 1.82) is 0 Å². The van der Waals surface area contributed by atoms with E-state index >= 15 is 0 Å². The first-order chi connectivity index (χ1) is 7.25. The molecule has 0 aromatic carbocycles. The number of hydrogen-bond donors (Lipinski definition) is 1. The van der Waals surface area contributed by atoms with E-state index in [0.717, 1.165) is 6.54 Å². The fourth-order valence-corrected chi connectivity index (χ4v) is 2.87. The Hall–Kier alpha value is -0.610. The molecule has 2 N–H and O–H groups in total. The van der Waals surface area contributed by atoms with Crippen molar-refractivity contribution in [2.75, 3.05) is 12.3 Å². The summed E-state index contributed by atoms with van der Waals surface area (Å²) in [5.74, 6) is 0. The summed E-state index contributed by atoms with van der Waals surface area (Å²) in [6, 6.07) is 0.704. The van der Waals surface area contributed by atoms with Gasteiger partial charge in [-0.15, -0.1) is 11.3 Å². The van der Waals surface area contributed by atoms with Gasteiger partial charge in [-0.05, 0) is 26.3 Å². The van der Waals surface area contributed by atoms with Crippen LogP contribution in [0.1, 0.15) is 37.5 Å². The molecule has 0 spiro atoms. The van der Waals surface area contributed by atoms with Crippen LogP contribution in [0.15, 0.2) is 6.20 Å². The Labute approximate surface area is 95.3 Å². The van der Waals surface area contributed by atoms with Gasteiger partial charge in [0.2, 0.25) is 0 Å². The molecular weight excluding hydrogens is 206 g/mol. The number of rotatable bonds is 2. The number of nitrogens with zero attached hydrogens (tertiary/aromatic N) is 2. The van der Waals surface area contributed by atoms with Crippen LogP contribution >= 0.6 is 11.3 Å². The van der Waals surface area contributed by atoms with Gasteiger partial charge in [0.25, 0.3) is 0 Å². The monoisotopic (exact) mass is 225 g/mol. The number of nitrogen functional groups attached to an aromatic ring is 1. The largest absolute Gasteiger partial charge is 0.375 e. The normalized spacial score (nSPS) is 23.9. The van der Waals surface area contributed by atoms with E-state index in [1.165, 1.54) is 37.1 Å². The first-order valence-electron chi connectivity index (χ1n) is 5.70. The van der Waals surface area contributed by atoms with Gasteiger partial charge in [0, 0.05) is 23.7 Å². The van der Waals surface area contributed by atoms with E-state index < -0.39 is 0 Å². The molecule has 3 nitrogen and oxygen atoms in total. The van der Waals surface area contributed by atoms with Crippen LogP contribution in [-0.2, 0) is 6.54 Å². The lowest BCUT2D eigenvalue weighted by molar-refractivity contribution is 0.206. The number of likely N-dealkylation sites (tertiary alicyclic amines) is 1. The maximum Gasteiger partial charge on any atom is 0.180 e. The molecule has 0 radical (unpaired) electrons. The number of thiazole rings is 1. The molecule has 1 aromatic rings. The molecule has 1 aromatic heterocycles. The highest BCUT2D eigenvalue weighted by Crippen LogP contribution is 2.22. The lowest BCUT2D eigenvalue weighted by atomic mass is 10.1. The van der Waals surface area contributed by atoms with Gasteiger partial charge in [0.15, 0.2) is 5.13 Å². The van der Waals surface area contributed by atoms with Crippen molar-refractivity contribution in [3.8, 4) is 0 Å². The zero-order valence-electron chi connectivity index (χ0n) is 9.28. The number of aromatic nitrogens is 1. The van der Waals surface area contributed by atoms with Crippen molar-refractivity contribution in [3.05, 3.63) is 11.1 Å². The molecule has 1 unspecified atom stereocenters. The van der Waals surface area contributed by atoms with Gasteiger partial charge < -0.3 is 5.73 Å². The van der Waals surface area contributed by atoms with E-state index in [2.05, 4.69) is 16.8 Å². The molecule has 1 atom stereocenters. The summed E-state index contributed by atoms with van der Waals surface area (Å²) in [5.41, 5.74) is 5.64. The number of nitrogens with two attached hydrogens (primary N) is 1. The Kier molecular flexibility index (Phi) is 3.59. The van der Waals surface area contributed by atoms with Crippen LogP contribution in [0, 0.1) is 0 Å². The summed E-state index contributed by atoms with van der Waals surface area (Å²) in [5, 5.41) is 0.687. The topological polar surface area (TPSA) is 42.2 Å². The summed E-state index contributed by atoms with van der Waals surface area (Å²) < 4.78 is 0. The van der Waals surface area contributed by atoms with Crippen LogP contribution in [0.3, 0.4) is 0 Å². The molecule has 1 fully saturated rings. The van der Waals surface area contributed by atoms with Crippen LogP contribution in [0.2, 0.25) is 0 Å². The van der Waals surface area contributed by atoms with Crippen LogP contribution in [0.5, 0.6) is 0 Å². The summed E-state index contributed by atoms with van der Waals surface area (Å²) >= 11 is 1.62. The third kappa shape index (κ3) is 2.92. The summed E-state index contributed by atoms with van der Waals surface area (Å²) in [6.45, 7) is 4.57. The number of hydrogen-bond acceptors (Lipinski definition) is 4. The molecule has 0 aliphatic carbocycles. The maximum atomic E-state index is 5.64. The van der Waals surface area contributed by atoms with Crippen LogP contribution in [-0.4, -0.2) is 22.5 Å². The number of anilines is 1. The molecule has 0 saturated carbocycles. The van der Waals surface area contributed by atoms with Gasteiger partial charge in [0.05, 0.1) is 0 Å². The van der Waals surface area contributed by atoms with Gasteiger partial charge in [-0.2, -0.15) is 0 Å². The quantitative estimate of drug-likeness (QED) is 0.841. The lowest BCUT2D eigenvalue weighted by Gasteiger charge is -2.25. The fraction of sp³-hybridized carbons (Fsp3) is 0.727. The molecule has 84 valence electrons. The van der Waals surface area contributed by atoms with Crippen molar-refractivity contribution in [3.63, 3.8) is 0 Å². The molecule has 0 amide bonds. The summed E-state index contributed by atoms with van der Waals surface area (Å²) in [7, 11) is 0. The first-order valence-corrected chi connectivity index (χ1v) is 6.51. The van der Waals surface area contributed by atoms with E-state index in [-0.39, 0.29) is 0 Å². The lowest BCUT2D eigenvalue weighted by Crippen LogP contribution is -2.31. The highest BCUT2D eigenvalue weighted by atomic mass is 32.1. The smallest absolute Gasteiger partial charge is 0.180 e. The Morgan fingerprint density at radius 1 is 1.53 bits per heavy atom. The average Bonchev–Trinajstić information content (AvgIpc) is 2.50. The van der Waals surface area contributed by atoms with Gasteiger partial charge in [-0.1, -0.05) is 12.8 Å². The zero-order chi connectivity index (χ0) is 10.7. The van der Waals surface area contributed by atoms with Gasteiger partial charge >= 0.3 is 0 Å². The Bertz CT molecular complexity index is 311. The van der Waals surface area contributed by atoms with E-state index in [1.807, 2.05) is 6.20 Å². The van der Waals surface area contributed by atoms with Crippen molar-refractivity contribution in [2.45, 2.75) is 45.2 Å². The Morgan fingerprint density at radius 2 is 2.40 bits per heavy atom. The minimum Gasteiger partial charge on any atom is -0.375 e.